The number of likely N-dealkylation sites (N-methyl/N-ethyl adjacent to an activating group) is 1. The molecule has 96 valence electrons. The summed E-state index contributed by atoms with van der Waals surface area (Å²) in [7, 11) is 0. The molecule has 5 heteroatoms. The van der Waals surface area contributed by atoms with Crippen molar-refractivity contribution in [3.63, 3.8) is 0 Å². The molecule has 0 aliphatic heterocycles. The van der Waals surface area contributed by atoms with Crippen molar-refractivity contribution >= 4 is 5.91 Å². The van der Waals surface area contributed by atoms with E-state index in [1.165, 1.54) is 0 Å². The van der Waals surface area contributed by atoms with Crippen molar-refractivity contribution in [1.29, 1.82) is 0 Å². The molecule has 0 aromatic rings. The first-order valence-corrected chi connectivity index (χ1v) is 6.04. The summed E-state index contributed by atoms with van der Waals surface area (Å²) >= 11 is 0. The lowest BCUT2D eigenvalue weighted by molar-refractivity contribution is -0.121. The van der Waals surface area contributed by atoms with Gasteiger partial charge in [-0.05, 0) is 32.9 Å². The van der Waals surface area contributed by atoms with E-state index in [0.29, 0.717) is 6.42 Å². The zero-order chi connectivity index (χ0) is 12.2. The van der Waals surface area contributed by atoms with Crippen molar-refractivity contribution in [2.24, 2.45) is 5.84 Å². The van der Waals surface area contributed by atoms with Crippen LogP contribution in [0, 0.1) is 0 Å². The SMILES string of the molecule is CCOCCN(CC)CCCCC(=O)NN. The normalized spacial score (nSPS) is 10.8. The van der Waals surface area contributed by atoms with Crippen LogP contribution in [-0.4, -0.2) is 43.7 Å². The monoisotopic (exact) mass is 231 g/mol. The standard InChI is InChI=1S/C11H25N3O2/c1-3-14(9-10-16-4-2)8-6-5-7-11(15)13-12/h3-10,12H2,1-2H3,(H,13,15). The van der Waals surface area contributed by atoms with Gasteiger partial charge in [0.25, 0.3) is 0 Å². The van der Waals surface area contributed by atoms with Crippen LogP contribution in [0.5, 0.6) is 0 Å². The second kappa shape index (κ2) is 10.9. The molecule has 0 spiro atoms. The van der Waals surface area contributed by atoms with E-state index in [4.69, 9.17) is 10.6 Å². The number of nitrogens with one attached hydrogen (secondary N) is 1. The number of hydrazine groups is 1. The van der Waals surface area contributed by atoms with Crippen LogP contribution >= 0.6 is 0 Å². The lowest BCUT2D eigenvalue weighted by Gasteiger charge is -2.19. The van der Waals surface area contributed by atoms with E-state index in [0.717, 1.165) is 45.7 Å². The van der Waals surface area contributed by atoms with Gasteiger partial charge in [-0.3, -0.25) is 10.2 Å². The molecule has 0 fully saturated rings. The van der Waals surface area contributed by atoms with Crippen molar-refractivity contribution < 1.29 is 9.53 Å². The predicted molar refractivity (Wildman–Crippen MR) is 64.8 cm³/mol. The molecule has 0 aliphatic carbocycles. The number of ether oxygens (including phenoxy) is 1. The third-order valence-electron chi connectivity index (χ3n) is 2.49. The Kier molecular flexibility index (Phi) is 10.4. The van der Waals surface area contributed by atoms with E-state index < -0.39 is 0 Å². The maximum absolute atomic E-state index is 10.9. The third kappa shape index (κ3) is 8.64. The van der Waals surface area contributed by atoms with Gasteiger partial charge in [-0.1, -0.05) is 6.92 Å². The Morgan fingerprint density at radius 1 is 1.31 bits per heavy atom. The van der Waals surface area contributed by atoms with Gasteiger partial charge in [-0.25, -0.2) is 5.84 Å². The van der Waals surface area contributed by atoms with Crippen molar-refractivity contribution in [2.75, 3.05) is 32.8 Å². The molecule has 0 atom stereocenters. The fourth-order valence-electron chi connectivity index (χ4n) is 1.46. The van der Waals surface area contributed by atoms with Crippen LogP contribution in [0.4, 0.5) is 0 Å². The number of carbonyl (C=O) groups is 1. The van der Waals surface area contributed by atoms with Crippen molar-refractivity contribution in [3.05, 3.63) is 0 Å². The van der Waals surface area contributed by atoms with Gasteiger partial charge in [-0.2, -0.15) is 0 Å². The Morgan fingerprint density at radius 3 is 2.62 bits per heavy atom. The van der Waals surface area contributed by atoms with E-state index in [-0.39, 0.29) is 5.91 Å². The van der Waals surface area contributed by atoms with E-state index >= 15 is 0 Å². The summed E-state index contributed by atoms with van der Waals surface area (Å²) in [6.07, 6.45) is 2.42. The minimum atomic E-state index is -0.0858. The Labute approximate surface area is 98.3 Å². The summed E-state index contributed by atoms with van der Waals surface area (Å²) < 4.78 is 5.31. The third-order valence-corrected chi connectivity index (χ3v) is 2.49. The maximum atomic E-state index is 10.9. The van der Waals surface area contributed by atoms with Gasteiger partial charge in [0.05, 0.1) is 6.61 Å². The first kappa shape index (κ1) is 15.3. The molecular weight excluding hydrogens is 206 g/mol. The lowest BCUT2D eigenvalue weighted by Crippen LogP contribution is -2.30. The van der Waals surface area contributed by atoms with Crippen LogP contribution in [0.15, 0.2) is 0 Å². The van der Waals surface area contributed by atoms with Gasteiger partial charge >= 0.3 is 0 Å². The summed E-state index contributed by atoms with van der Waals surface area (Å²) in [5, 5.41) is 0. The molecule has 0 rings (SSSR count). The van der Waals surface area contributed by atoms with Gasteiger partial charge in [0.15, 0.2) is 0 Å². The molecule has 0 aromatic carbocycles. The highest BCUT2D eigenvalue weighted by molar-refractivity contribution is 5.74. The molecule has 5 nitrogen and oxygen atoms in total. The number of nitrogens with zero attached hydrogens (tertiary/aromatic N) is 1. The molecule has 16 heavy (non-hydrogen) atoms. The van der Waals surface area contributed by atoms with E-state index in [1.54, 1.807) is 0 Å². The van der Waals surface area contributed by atoms with Crippen LogP contribution in [0.3, 0.4) is 0 Å². The Hall–Kier alpha value is -0.650. The zero-order valence-electron chi connectivity index (χ0n) is 10.5. The minimum absolute atomic E-state index is 0.0858. The van der Waals surface area contributed by atoms with Gasteiger partial charge in [0.2, 0.25) is 5.91 Å². The highest BCUT2D eigenvalue weighted by Gasteiger charge is 2.03. The van der Waals surface area contributed by atoms with E-state index in [2.05, 4.69) is 17.2 Å². The quantitative estimate of drug-likeness (QED) is 0.249. The van der Waals surface area contributed by atoms with Crippen molar-refractivity contribution in [2.45, 2.75) is 33.1 Å². The van der Waals surface area contributed by atoms with Gasteiger partial charge in [0, 0.05) is 19.6 Å². The summed E-state index contributed by atoms with van der Waals surface area (Å²) in [5.74, 6) is 4.91. The van der Waals surface area contributed by atoms with E-state index in [1.807, 2.05) is 6.92 Å². The van der Waals surface area contributed by atoms with Crippen LogP contribution in [0.1, 0.15) is 33.1 Å². The molecule has 0 saturated carbocycles. The molecule has 0 aromatic heterocycles. The molecular formula is C11H25N3O2. The summed E-state index contributed by atoms with van der Waals surface area (Å²) in [6.45, 7) is 8.70. The first-order chi connectivity index (χ1) is 7.74. The van der Waals surface area contributed by atoms with Crippen LogP contribution < -0.4 is 11.3 Å². The predicted octanol–water partition coefficient (Wildman–Crippen LogP) is 0.505. The van der Waals surface area contributed by atoms with Crippen LogP contribution in [0.25, 0.3) is 0 Å². The largest absolute Gasteiger partial charge is 0.380 e. The number of hydrogen-bond donors (Lipinski definition) is 2. The van der Waals surface area contributed by atoms with Gasteiger partial charge in [-0.15, -0.1) is 0 Å². The number of carbonyl (C=O) groups excluding carboxylic acids is 1. The summed E-state index contributed by atoms with van der Waals surface area (Å²) in [6, 6.07) is 0. The molecule has 0 heterocycles. The second-order valence-electron chi connectivity index (χ2n) is 3.66. The average Bonchev–Trinajstić information content (AvgIpc) is 2.31. The molecule has 0 unspecified atom stereocenters. The highest BCUT2D eigenvalue weighted by atomic mass is 16.5. The second-order valence-corrected chi connectivity index (χ2v) is 3.66. The van der Waals surface area contributed by atoms with Gasteiger partial charge < -0.3 is 9.64 Å². The molecule has 0 bridgehead atoms. The fraction of sp³-hybridized carbons (Fsp3) is 0.909. The Morgan fingerprint density at radius 2 is 2.06 bits per heavy atom. The smallest absolute Gasteiger partial charge is 0.233 e. The number of nitrogens with two attached hydrogens (primary N) is 1. The fourth-order valence-corrected chi connectivity index (χ4v) is 1.46. The molecule has 0 radical (unpaired) electrons. The van der Waals surface area contributed by atoms with Crippen molar-refractivity contribution in [1.82, 2.24) is 10.3 Å². The topological polar surface area (TPSA) is 67.6 Å². The highest BCUT2D eigenvalue weighted by Crippen LogP contribution is 1.98. The number of amides is 1. The average molecular weight is 231 g/mol. The summed E-state index contributed by atoms with van der Waals surface area (Å²) in [4.78, 5) is 13.2. The Balaban J connectivity index is 3.43. The maximum Gasteiger partial charge on any atom is 0.233 e. The Bertz CT molecular complexity index is 177. The minimum Gasteiger partial charge on any atom is -0.380 e. The molecule has 1 amide bonds. The van der Waals surface area contributed by atoms with Crippen LogP contribution in [0.2, 0.25) is 0 Å². The van der Waals surface area contributed by atoms with Crippen LogP contribution in [-0.2, 0) is 9.53 Å². The van der Waals surface area contributed by atoms with Gasteiger partial charge in [0.1, 0.15) is 0 Å². The molecule has 0 aliphatic rings. The number of rotatable bonds is 10. The first-order valence-electron chi connectivity index (χ1n) is 6.04. The lowest BCUT2D eigenvalue weighted by atomic mass is 10.2. The number of hydrogen-bond acceptors (Lipinski definition) is 4. The van der Waals surface area contributed by atoms with Crippen molar-refractivity contribution in [3.8, 4) is 0 Å². The zero-order valence-corrected chi connectivity index (χ0v) is 10.5. The molecule has 3 N–H and O–H groups in total. The summed E-state index contributed by atoms with van der Waals surface area (Å²) in [5.41, 5.74) is 2.14. The molecule has 0 saturated heterocycles. The number of unbranched alkanes of at least 4 members (excludes halogenated alkanes) is 1. The van der Waals surface area contributed by atoms with E-state index in [9.17, 15) is 4.79 Å².